The number of unbranched alkanes of at least 4 members (excludes halogenated alkanes) is 2. The summed E-state index contributed by atoms with van der Waals surface area (Å²) in [7, 11) is 0. The van der Waals surface area contributed by atoms with Gasteiger partial charge in [0.1, 0.15) is 0 Å². The Morgan fingerprint density at radius 2 is 1.62 bits per heavy atom. The maximum Gasteiger partial charge on any atom is 0.261 e. The van der Waals surface area contributed by atoms with Crippen molar-refractivity contribution in [1.82, 2.24) is 4.90 Å². The molecule has 0 bridgehead atoms. The number of carbonyl (C=O) groups excluding carboxylic acids is 2. The largest absolute Gasteiger partial charge is 0.381 e. The number of hydrogen-bond acceptors (Lipinski definition) is 3. The summed E-state index contributed by atoms with van der Waals surface area (Å²) in [5.74, 6) is 0.238. The van der Waals surface area contributed by atoms with Gasteiger partial charge in [-0.25, -0.2) is 0 Å². The number of nitrogens with zero attached hydrogens (tertiary/aromatic N) is 1. The minimum absolute atomic E-state index is 0.161. The predicted octanol–water partition coefficient (Wildman–Crippen LogP) is 3.13. The van der Waals surface area contributed by atoms with Crippen LogP contribution in [0.25, 0.3) is 0 Å². The summed E-state index contributed by atoms with van der Waals surface area (Å²) in [6, 6.07) is 7.02. The normalized spacial score (nSPS) is 14.1. The fourth-order valence-corrected chi connectivity index (χ4v) is 2.41. The van der Waals surface area contributed by atoms with Crippen molar-refractivity contribution in [1.29, 1.82) is 0 Å². The highest BCUT2D eigenvalue weighted by Crippen LogP contribution is 2.22. The van der Waals surface area contributed by atoms with Crippen LogP contribution >= 0.6 is 0 Å². The first-order valence-corrected chi connectivity index (χ1v) is 7.64. The van der Waals surface area contributed by atoms with Crippen molar-refractivity contribution < 1.29 is 14.3 Å². The van der Waals surface area contributed by atoms with Crippen LogP contribution in [0.2, 0.25) is 0 Å². The van der Waals surface area contributed by atoms with Crippen molar-refractivity contribution in [3.05, 3.63) is 35.4 Å². The Morgan fingerprint density at radius 1 is 1.00 bits per heavy atom. The van der Waals surface area contributed by atoms with Crippen LogP contribution in [-0.4, -0.2) is 36.5 Å². The fourth-order valence-electron chi connectivity index (χ4n) is 2.41. The second kappa shape index (κ2) is 7.36. The van der Waals surface area contributed by atoms with E-state index in [1.807, 2.05) is 0 Å². The third-order valence-corrected chi connectivity index (χ3v) is 3.50. The molecule has 0 saturated heterocycles. The van der Waals surface area contributed by atoms with Gasteiger partial charge in [0, 0.05) is 19.8 Å². The Bertz CT molecular complexity index is 476. The molecule has 4 nitrogen and oxygen atoms in total. The Labute approximate surface area is 126 Å². The monoisotopic (exact) mass is 289 g/mol. The molecule has 2 amide bonds. The Balaban J connectivity index is 1.71. The molecule has 0 radical (unpaired) electrons. The molecule has 0 saturated carbocycles. The van der Waals surface area contributed by atoms with Gasteiger partial charge in [-0.1, -0.05) is 26.0 Å². The van der Waals surface area contributed by atoms with Crippen LogP contribution in [0, 0.1) is 5.92 Å². The molecule has 114 valence electrons. The zero-order valence-corrected chi connectivity index (χ0v) is 12.8. The summed E-state index contributed by atoms with van der Waals surface area (Å²) < 4.78 is 5.51. The SMILES string of the molecule is CC(C)COCCCCCN1C(=O)c2ccccc2C1=O. The summed E-state index contributed by atoms with van der Waals surface area (Å²) in [5.41, 5.74) is 1.06. The van der Waals surface area contributed by atoms with Crippen LogP contribution in [-0.2, 0) is 4.74 Å². The quantitative estimate of drug-likeness (QED) is 0.545. The lowest BCUT2D eigenvalue weighted by Crippen LogP contribution is -2.30. The molecule has 1 aliphatic heterocycles. The molecule has 0 atom stereocenters. The van der Waals surface area contributed by atoms with E-state index >= 15 is 0 Å². The molecular formula is C17H23NO3. The number of fused-ring (bicyclic) bond motifs is 1. The van der Waals surface area contributed by atoms with Crippen LogP contribution in [0.5, 0.6) is 0 Å². The van der Waals surface area contributed by atoms with E-state index in [2.05, 4.69) is 13.8 Å². The summed E-state index contributed by atoms with van der Waals surface area (Å²) in [4.78, 5) is 25.6. The summed E-state index contributed by atoms with van der Waals surface area (Å²) >= 11 is 0. The van der Waals surface area contributed by atoms with Gasteiger partial charge in [0.15, 0.2) is 0 Å². The van der Waals surface area contributed by atoms with Crippen LogP contribution in [0.15, 0.2) is 24.3 Å². The van der Waals surface area contributed by atoms with Gasteiger partial charge < -0.3 is 4.74 Å². The van der Waals surface area contributed by atoms with Gasteiger partial charge in [0.25, 0.3) is 11.8 Å². The van der Waals surface area contributed by atoms with E-state index in [0.717, 1.165) is 32.5 Å². The number of hydrogen-bond donors (Lipinski definition) is 0. The van der Waals surface area contributed by atoms with E-state index in [0.29, 0.717) is 23.6 Å². The smallest absolute Gasteiger partial charge is 0.261 e. The van der Waals surface area contributed by atoms with Crippen LogP contribution in [0.1, 0.15) is 53.8 Å². The van der Waals surface area contributed by atoms with Crippen molar-refractivity contribution in [3.8, 4) is 0 Å². The maximum absolute atomic E-state index is 12.1. The van der Waals surface area contributed by atoms with Gasteiger partial charge in [-0.2, -0.15) is 0 Å². The first-order chi connectivity index (χ1) is 10.1. The number of benzene rings is 1. The number of rotatable bonds is 8. The van der Waals surface area contributed by atoms with Crippen molar-refractivity contribution >= 4 is 11.8 Å². The molecular weight excluding hydrogens is 266 g/mol. The average molecular weight is 289 g/mol. The fraction of sp³-hybridized carbons (Fsp3) is 0.529. The van der Waals surface area contributed by atoms with Crippen molar-refractivity contribution in [2.45, 2.75) is 33.1 Å². The molecule has 0 spiro atoms. The standard InChI is InChI=1S/C17H23NO3/c1-13(2)12-21-11-7-3-6-10-18-16(19)14-8-4-5-9-15(14)17(18)20/h4-5,8-9,13H,3,6-7,10-12H2,1-2H3. The third kappa shape index (κ3) is 3.91. The summed E-state index contributed by atoms with van der Waals surface area (Å²) in [6.45, 7) is 6.29. The molecule has 1 aromatic rings. The lowest BCUT2D eigenvalue weighted by atomic mass is 10.1. The van der Waals surface area contributed by atoms with Crippen LogP contribution in [0.3, 0.4) is 0 Å². The van der Waals surface area contributed by atoms with E-state index in [9.17, 15) is 9.59 Å². The van der Waals surface area contributed by atoms with E-state index in [-0.39, 0.29) is 11.8 Å². The van der Waals surface area contributed by atoms with Gasteiger partial charge in [-0.3, -0.25) is 14.5 Å². The Kier molecular flexibility index (Phi) is 5.51. The first kappa shape index (κ1) is 15.7. The number of ether oxygens (including phenoxy) is 1. The van der Waals surface area contributed by atoms with Gasteiger partial charge in [0.2, 0.25) is 0 Å². The Hall–Kier alpha value is -1.68. The minimum Gasteiger partial charge on any atom is -0.381 e. The second-order valence-corrected chi connectivity index (χ2v) is 5.84. The first-order valence-electron chi connectivity index (χ1n) is 7.64. The molecule has 1 aromatic carbocycles. The predicted molar refractivity (Wildman–Crippen MR) is 81.3 cm³/mol. The van der Waals surface area contributed by atoms with E-state index in [1.54, 1.807) is 24.3 Å². The van der Waals surface area contributed by atoms with Gasteiger partial charge in [-0.15, -0.1) is 0 Å². The third-order valence-electron chi connectivity index (χ3n) is 3.50. The van der Waals surface area contributed by atoms with Gasteiger partial charge >= 0.3 is 0 Å². The van der Waals surface area contributed by atoms with E-state index in [4.69, 9.17) is 4.74 Å². The average Bonchev–Trinajstić information content (AvgIpc) is 2.71. The topological polar surface area (TPSA) is 46.6 Å². The highest BCUT2D eigenvalue weighted by molar-refractivity contribution is 6.21. The molecule has 0 aromatic heterocycles. The van der Waals surface area contributed by atoms with Crippen LogP contribution in [0.4, 0.5) is 0 Å². The molecule has 1 heterocycles. The summed E-state index contributed by atoms with van der Waals surface area (Å²) in [6.07, 6.45) is 2.76. The molecule has 4 heteroatoms. The molecule has 0 N–H and O–H groups in total. The van der Waals surface area contributed by atoms with Crippen molar-refractivity contribution in [2.24, 2.45) is 5.92 Å². The van der Waals surface area contributed by atoms with Gasteiger partial charge in [-0.05, 0) is 37.3 Å². The molecule has 0 fully saturated rings. The molecule has 1 aliphatic rings. The summed E-state index contributed by atoms with van der Waals surface area (Å²) in [5, 5.41) is 0. The zero-order valence-electron chi connectivity index (χ0n) is 12.8. The highest BCUT2D eigenvalue weighted by atomic mass is 16.5. The van der Waals surface area contributed by atoms with Crippen LogP contribution < -0.4 is 0 Å². The van der Waals surface area contributed by atoms with E-state index in [1.165, 1.54) is 4.90 Å². The zero-order chi connectivity index (χ0) is 15.2. The highest BCUT2D eigenvalue weighted by Gasteiger charge is 2.34. The molecule has 0 aliphatic carbocycles. The van der Waals surface area contributed by atoms with E-state index < -0.39 is 0 Å². The van der Waals surface area contributed by atoms with Gasteiger partial charge in [0.05, 0.1) is 11.1 Å². The lowest BCUT2D eigenvalue weighted by molar-refractivity contribution is 0.0648. The number of amides is 2. The second-order valence-electron chi connectivity index (χ2n) is 5.84. The molecule has 21 heavy (non-hydrogen) atoms. The number of carbonyl (C=O) groups is 2. The maximum atomic E-state index is 12.1. The molecule has 0 unspecified atom stereocenters. The van der Waals surface area contributed by atoms with Crippen molar-refractivity contribution in [3.63, 3.8) is 0 Å². The Morgan fingerprint density at radius 3 is 2.19 bits per heavy atom. The molecule has 2 rings (SSSR count). The number of imide groups is 1. The minimum atomic E-state index is -0.161. The van der Waals surface area contributed by atoms with Crippen molar-refractivity contribution in [2.75, 3.05) is 19.8 Å². The lowest BCUT2D eigenvalue weighted by Gasteiger charge is -2.13.